The van der Waals surface area contributed by atoms with E-state index in [1.165, 1.54) is 0 Å². The van der Waals surface area contributed by atoms with Gasteiger partial charge in [-0.3, -0.25) is 0 Å². The van der Waals surface area contributed by atoms with Gasteiger partial charge in [0.25, 0.3) is 0 Å². The summed E-state index contributed by atoms with van der Waals surface area (Å²) < 4.78 is 9.60. The molecule has 2 rings (SSSR count). The number of hydrogen-bond donors (Lipinski definition) is 0. The van der Waals surface area contributed by atoms with Crippen molar-refractivity contribution in [1.29, 1.82) is 0 Å². The van der Waals surface area contributed by atoms with E-state index in [4.69, 9.17) is 16.0 Å². The normalized spacial score (nSPS) is 14.5. The minimum atomic E-state index is -1.75. The summed E-state index contributed by atoms with van der Waals surface area (Å²) in [5.74, 6) is 0. The molecule has 4 nitrogen and oxygen atoms in total. The Labute approximate surface area is 151 Å². The number of halogens is 2. The molecule has 2 heterocycles. The molecule has 0 unspecified atom stereocenters. The van der Waals surface area contributed by atoms with Crippen LogP contribution in [0.1, 0.15) is 33.7 Å². The van der Waals surface area contributed by atoms with E-state index in [0.717, 1.165) is 14.6 Å². The van der Waals surface area contributed by atoms with Gasteiger partial charge in [-0.2, -0.15) is 4.98 Å². The number of nitrogens with zero attached hydrogens (tertiary/aromatic N) is 3. The van der Waals surface area contributed by atoms with Gasteiger partial charge in [0.2, 0.25) is 5.28 Å². The summed E-state index contributed by atoms with van der Waals surface area (Å²) in [5.41, 5.74) is 0.871. The number of aromatic nitrogens is 3. The molecule has 0 bridgehead atoms. The monoisotopic (exact) mass is 451 g/mol. The Morgan fingerprint density at radius 1 is 1.41 bits per heavy atom. The Bertz CT molecular complexity index is 681. The lowest BCUT2D eigenvalue weighted by Crippen LogP contribution is -2.41. The lowest BCUT2D eigenvalue weighted by atomic mass is 10.2. The maximum Gasteiger partial charge on any atom is 0.224 e. The number of hydrogen-bond acceptors (Lipinski definition) is 3. The molecule has 0 radical (unpaired) electrons. The molecule has 2 aromatic heterocycles. The number of fused-ring (bicyclic) bond motifs is 1. The first kappa shape index (κ1) is 18.2. The summed E-state index contributed by atoms with van der Waals surface area (Å²) in [6, 6.07) is 0.200. The van der Waals surface area contributed by atoms with Crippen molar-refractivity contribution >= 4 is 53.5 Å². The third-order valence-corrected chi connectivity index (χ3v) is 10.0. The second-order valence-electron chi connectivity index (χ2n) is 7.18. The second kappa shape index (κ2) is 6.37. The fourth-order valence-corrected chi connectivity index (χ4v) is 3.83. The van der Waals surface area contributed by atoms with Gasteiger partial charge in [0.1, 0.15) is 5.65 Å². The average molecular weight is 452 g/mol. The van der Waals surface area contributed by atoms with Gasteiger partial charge in [0.15, 0.2) is 8.32 Å². The van der Waals surface area contributed by atoms with E-state index >= 15 is 0 Å². The Hall–Kier alpha value is -0.183. The van der Waals surface area contributed by atoms with Crippen LogP contribution in [0.15, 0.2) is 12.4 Å². The van der Waals surface area contributed by atoms with Crippen LogP contribution in [0, 0.1) is 3.57 Å². The van der Waals surface area contributed by atoms with Crippen LogP contribution in [-0.4, -0.2) is 29.5 Å². The van der Waals surface area contributed by atoms with Crippen LogP contribution in [0.4, 0.5) is 0 Å². The molecule has 0 fully saturated rings. The third kappa shape index (κ3) is 3.65. The van der Waals surface area contributed by atoms with E-state index < -0.39 is 8.32 Å². The van der Waals surface area contributed by atoms with E-state index in [2.05, 4.69) is 84.1 Å². The van der Waals surface area contributed by atoms with Gasteiger partial charge in [-0.1, -0.05) is 20.8 Å². The Morgan fingerprint density at radius 2 is 2.05 bits per heavy atom. The molecule has 122 valence electrons. The summed E-state index contributed by atoms with van der Waals surface area (Å²) in [6.07, 6.45) is 3.88. The summed E-state index contributed by atoms with van der Waals surface area (Å²) in [5, 5.41) is 1.52. The lowest BCUT2D eigenvalue weighted by molar-refractivity contribution is 0.241. The molecule has 0 amide bonds. The maximum atomic E-state index is 6.34. The number of rotatable bonds is 4. The predicted molar refractivity (Wildman–Crippen MR) is 103 cm³/mol. The molecule has 0 saturated carbocycles. The molecule has 0 aliphatic heterocycles. The van der Waals surface area contributed by atoms with Crippen LogP contribution >= 0.6 is 34.2 Å². The van der Waals surface area contributed by atoms with Gasteiger partial charge in [0, 0.05) is 16.0 Å². The van der Waals surface area contributed by atoms with Gasteiger partial charge in [-0.25, -0.2) is 4.98 Å². The van der Waals surface area contributed by atoms with Crippen LogP contribution < -0.4 is 0 Å². The molecule has 0 aliphatic rings. The van der Waals surface area contributed by atoms with Gasteiger partial charge < -0.3 is 8.99 Å². The first-order valence-electron chi connectivity index (χ1n) is 7.35. The Balaban J connectivity index is 2.24. The minimum absolute atomic E-state index is 0.200. The SMILES string of the molecule is C[C@H](CO[Si](C)(C)C(C)(C)C)n1cc(I)c2cnc(Cl)nc21. The van der Waals surface area contributed by atoms with Crippen molar-refractivity contribution in [3.05, 3.63) is 21.2 Å². The predicted octanol–water partition coefficient (Wildman–Crippen LogP) is 5.27. The smallest absolute Gasteiger partial charge is 0.224 e. The zero-order chi connectivity index (χ0) is 16.7. The standard InChI is InChI=1S/C15H23ClIN3OSi/c1-10(9-21-22(5,6)15(2,3)4)20-8-12(17)11-7-18-14(16)19-13(11)20/h7-8,10H,9H2,1-6H3/t10-/m1/s1. The van der Waals surface area contributed by atoms with Gasteiger partial charge in [0.05, 0.1) is 18.0 Å². The van der Waals surface area contributed by atoms with Gasteiger partial charge in [-0.05, 0) is 59.2 Å². The highest BCUT2D eigenvalue weighted by molar-refractivity contribution is 14.1. The molecule has 22 heavy (non-hydrogen) atoms. The van der Waals surface area contributed by atoms with Crippen molar-refractivity contribution in [3.63, 3.8) is 0 Å². The summed E-state index contributed by atoms with van der Waals surface area (Å²) in [6.45, 7) is 14.1. The zero-order valence-corrected chi connectivity index (χ0v) is 17.9. The molecule has 0 aliphatic carbocycles. The quantitative estimate of drug-likeness (QED) is 0.361. The fraction of sp³-hybridized carbons (Fsp3) is 0.600. The molecule has 0 aromatic carbocycles. The molecule has 0 N–H and O–H groups in total. The van der Waals surface area contributed by atoms with Crippen LogP contribution in [0.25, 0.3) is 11.0 Å². The molecule has 2 aromatic rings. The first-order chi connectivity index (χ1) is 10.0. The highest BCUT2D eigenvalue weighted by Crippen LogP contribution is 2.37. The minimum Gasteiger partial charge on any atom is -0.415 e. The molecule has 1 atom stereocenters. The lowest BCUT2D eigenvalue weighted by Gasteiger charge is -2.37. The molecule has 0 saturated heterocycles. The maximum absolute atomic E-state index is 6.34. The molecule has 0 spiro atoms. The van der Waals surface area contributed by atoms with Crippen LogP contribution in [0.2, 0.25) is 23.4 Å². The molecule has 7 heteroatoms. The fourth-order valence-electron chi connectivity index (χ4n) is 1.93. The zero-order valence-electron chi connectivity index (χ0n) is 13.9. The summed E-state index contributed by atoms with van der Waals surface area (Å²) in [4.78, 5) is 8.45. The molecular formula is C15H23ClIN3OSi. The van der Waals surface area contributed by atoms with E-state index in [0.29, 0.717) is 6.61 Å². The highest BCUT2D eigenvalue weighted by Gasteiger charge is 2.37. The largest absolute Gasteiger partial charge is 0.415 e. The van der Waals surface area contributed by atoms with Crippen LogP contribution in [0.3, 0.4) is 0 Å². The summed E-state index contributed by atoms with van der Waals surface area (Å²) in [7, 11) is -1.75. The van der Waals surface area contributed by atoms with E-state index in [9.17, 15) is 0 Å². The second-order valence-corrected chi connectivity index (χ2v) is 13.5. The van der Waals surface area contributed by atoms with E-state index in [1.54, 1.807) is 6.20 Å². The van der Waals surface area contributed by atoms with Crippen molar-refractivity contribution in [2.24, 2.45) is 0 Å². The van der Waals surface area contributed by atoms with Crippen molar-refractivity contribution in [1.82, 2.24) is 14.5 Å². The van der Waals surface area contributed by atoms with Gasteiger partial charge in [-0.15, -0.1) is 0 Å². The van der Waals surface area contributed by atoms with Crippen molar-refractivity contribution < 1.29 is 4.43 Å². The van der Waals surface area contributed by atoms with E-state index in [-0.39, 0.29) is 16.4 Å². The van der Waals surface area contributed by atoms with Crippen LogP contribution in [-0.2, 0) is 4.43 Å². The van der Waals surface area contributed by atoms with E-state index in [1.807, 2.05) is 0 Å². The first-order valence-corrected chi connectivity index (χ1v) is 11.7. The Morgan fingerprint density at radius 3 is 2.64 bits per heavy atom. The average Bonchev–Trinajstić information content (AvgIpc) is 2.71. The topological polar surface area (TPSA) is 39.9 Å². The van der Waals surface area contributed by atoms with Crippen molar-refractivity contribution in [2.45, 2.75) is 51.9 Å². The summed E-state index contributed by atoms with van der Waals surface area (Å²) >= 11 is 8.26. The van der Waals surface area contributed by atoms with Gasteiger partial charge >= 0.3 is 0 Å². The Kier molecular flexibility index (Phi) is 5.26. The highest BCUT2D eigenvalue weighted by atomic mass is 127. The third-order valence-electron chi connectivity index (χ3n) is 4.46. The van der Waals surface area contributed by atoms with Crippen molar-refractivity contribution in [2.75, 3.05) is 6.61 Å². The molecular weight excluding hydrogens is 429 g/mol. The van der Waals surface area contributed by atoms with Crippen molar-refractivity contribution in [3.8, 4) is 0 Å². The van der Waals surface area contributed by atoms with Crippen LogP contribution in [0.5, 0.6) is 0 Å².